The lowest BCUT2D eigenvalue weighted by atomic mass is 9.70. The standard InChI is InChI=1S/C30H36ClN3O4S/c1-17(2)14-20(16-35)34-26(28(37)33-25-18(3)8-7-11-21(25)31)30-13-12-22(39-30)23(24(30)29(34)38)27(36)32-15-19-9-5-4-6-10-19/h4-11,17,20,22-24,26,35H,12-16H2,1-3H3,(H,32,36)(H,33,37)/t20-,22-,23+,24+,26?,30?/m1/s1. The Bertz CT molecular complexity index is 1240. The summed E-state index contributed by atoms with van der Waals surface area (Å²) in [6, 6.07) is 13.8. The van der Waals surface area contributed by atoms with Gasteiger partial charge < -0.3 is 20.6 Å². The molecule has 7 nitrogen and oxygen atoms in total. The molecule has 5 rings (SSSR count). The van der Waals surface area contributed by atoms with E-state index in [4.69, 9.17) is 11.6 Å². The highest BCUT2D eigenvalue weighted by atomic mass is 35.5. The lowest BCUT2D eigenvalue weighted by Gasteiger charge is -2.37. The summed E-state index contributed by atoms with van der Waals surface area (Å²) in [5.74, 6) is -1.62. The van der Waals surface area contributed by atoms with Crippen LogP contribution in [0.25, 0.3) is 0 Å². The van der Waals surface area contributed by atoms with E-state index in [0.717, 1.165) is 17.5 Å². The highest BCUT2D eigenvalue weighted by Gasteiger charge is 2.74. The number of para-hydroxylation sites is 1. The molecule has 0 aliphatic carbocycles. The number of fused-ring (bicyclic) bond motifs is 1. The summed E-state index contributed by atoms with van der Waals surface area (Å²) in [4.78, 5) is 43.6. The van der Waals surface area contributed by atoms with Gasteiger partial charge in [0.05, 0.1) is 39.9 Å². The highest BCUT2D eigenvalue weighted by molar-refractivity contribution is 8.02. The number of aliphatic hydroxyl groups excluding tert-OH is 1. The number of nitrogens with one attached hydrogen (secondary N) is 2. The zero-order valence-electron chi connectivity index (χ0n) is 22.5. The van der Waals surface area contributed by atoms with Crippen LogP contribution in [-0.4, -0.2) is 56.4 Å². The average Bonchev–Trinajstić information content (AvgIpc) is 3.56. The molecule has 3 N–H and O–H groups in total. The first-order chi connectivity index (χ1) is 18.7. The first kappa shape index (κ1) is 28.0. The highest BCUT2D eigenvalue weighted by Crippen LogP contribution is 2.66. The van der Waals surface area contributed by atoms with Gasteiger partial charge in [-0.1, -0.05) is 67.9 Å². The monoisotopic (exact) mass is 569 g/mol. The van der Waals surface area contributed by atoms with Crippen LogP contribution >= 0.6 is 23.4 Å². The van der Waals surface area contributed by atoms with Gasteiger partial charge in [-0.3, -0.25) is 14.4 Å². The van der Waals surface area contributed by atoms with Crippen LogP contribution in [0, 0.1) is 24.7 Å². The number of hydrogen-bond donors (Lipinski definition) is 3. The maximum absolute atomic E-state index is 14.3. The second-order valence-corrected chi connectivity index (χ2v) is 13.4. The van der Waals surface area contributed by atoms with E-state index in [1.165, 1.54) is 0 Å². The van der Waals surface area contributed by atoms with E-state index in [1.807, 2.05) is 63.2 Å². The van der Waals surface area contributed by atoms with Crippen molar-refractivity contribution in [3.05, 3.63) is 64.7 Å². The Morgan fingerprint density at radius 1 is 1.15 bits per heavy atom. The predicted molar refractivity (Wildman–Crippen MR) is 154 cm³/mol. The molecular formula is C30H36ClN3O4S. The van der Waals surface area contributed by atoms with Gasteiger partial charge in [0.1, 0.15) is 6.04 Å². The number of benzene rings is 2. The van der Waals surface area contributed by atoms with Crippen molar-refractivity contribution in [1.82, 2.24) is 10.2 Å². The SMILES string of the molecule is Cc1cccc(Cl)c1NC(=O)C1N([C@@H](CO)CC(C)C)C(=O)[C@@H]2[C@@H](C(=O)NCc3ccccc3)[C@H]3CCC12S3. The summed E-state index contributed by atoms with van der Waals surface area (Å²) in [5, 5.41) is 16.9. The van der Waals surface area contributed by atoms with E-state index in [2.05, 4.69) is 10.6 Å². The van der Waals surface area contributed by atoms with Crippen molar-refractivity contribution in [2.24, 2.45) is 17.8 Å². The van der Waals surface area contributed by atoms with Crippen LogP contribution in [0.1, 0.15) is 44.2 Å². The zero-order chi connectivity index (χ0) is 27.9. The molecule has 6 atom stereocenters. The third-order valence-electron chi connectivity index (χ3n) is 8.42. The fourth-order valence-electron chi connectivity index (χ4n) is 6.79. The predicted octanol–water partition coefficient (Wildman–Crippen LogP) is 4.40. The van der Waals surface area contributed by atoms with Gasteiger partial charge >= 0.3 is 0 Å². The average molecular weight is 570 g/mol. The molecule has 2 aromatic carbocycles. The largest absolute Gasteiger partial charge is 0.394 e. The Labute approximate surface area is 239 Å². The Morgan fingerprint density at radius 3 is 2.56 bits per heavy atom. The van der Waals surface area contributed by atoms with Crippen molar-refractivity contribution in [1.29, 1.82) is 0 Å². The van der Waals surface area contributed by atoms with Crippen molar-refractivity contribution in [3.63, 3.8) is 0 Å². The Balaban J connectivity index is 1.49. The molecule has 3 aliphatic rings. The lowest BCUT2D eigenvalue weighted by molar-refractivity contribution is -0.142. The summed E-state index contributed by atoms with van der Waals surface area (Å²) in [7, 11) is 0. The van der Waals surface area contributed by atoms with Crippen LogP contribution in [0.3, 0.4) is 0 Å². The maximum Gasteiger partial charge on any atom is 0.248 e. The second-order valence-electron chi connectivity index (χ2n) is 11.4. The molecule has 3 fully saturated rings. The number of anilines is 1. The molecule has 0 aromatic heterocycles. The van der Waals surface area contributed by atoms with Gasteiger partial charge in [-0.15, -0.1) is 11.8 Å². The number of halogens is 1. The van der Waals surface area contributed by atoms with Crippen LogP contribution in [0.15, 0.2) is 48.5 Å². The van der Waals surface area contributed by atoms with Crippen LogP contribution in [0.4, 0.5) is 5.69 Å². The molecule has 3 saturated heterocycles. The molecule has 2 aromatic rings. The van der Waals surface area contributed by atoms with Crippen LogP contribution in [0.2, 0.25) is 5.02 Å². The minimum absolute atomic E-state index is 0.0353. The maximum atomic E-state index is 14.3. The molecule has 2 bridgehead atoms. The number of aliphatic hydroxyl groups is 1. The quantitative estimate of drug-likeness (QED) is 0.416. The van der Waals surface area contributed by atoms with E-state index in [1.54, 1.807) is 22.7 Å². The molecule has 0 saturated carbocycles. The molecule has 3 aliphatic heterocycles. The van der Waals surface area contributed by atoms with Crippen molar-refractivity contribution >= 4 is 46.8 Å². The molecule has 208 valence electrons. The van der Waals surface area contributed by atoms with Crippen LogP contribution in [-0.2, 0) is 20.9 Å². The molecule has 2 unspecified atom stereocenters. The number of rotatable bonds is 9. The summed E-state index contributed by atoms with van der Waals surface area (Å²) < 4.78 is -0.736. The van der Waals surface area contributed by atoms with E-state index in [9.17, 15) is 19.5 Å². The third kappa shape index (κ3) is 4.96. The lowest BCUT2D eigenvalue weighted by Crippen LogP contribution is -2.55. The number of carbonyl (C=O) groups is 3. The smallest absolute Gasteiger partial charge is 0.248 e. The van der Waals surface area contributed by atoms with E-state index >= 15 is 0 Å². The Morgan fingerprint density at radius 2 is 1.90 bits per heavy atom. The van der Waals surface area contributed by atoms with Gasteiger partial charge in [-0.2, -0.15) is 0 Å². The van der Waals surface area contributed by atoms with Crippen LogP contribution < -0.4 is 10.6 Å². The minimum Gasteiger partial charge on any atom is -0.394 e. The van der Waals surface area contributed by atoms with Crippen LogP contribution in [0.5, 0.6) is 0 Å². The van der Waals surface area contributed by atoms with Gasteiger partial charge in [0, 0.05) is 11.8 Å². The number of hydrogen-bond acceptors (Lipinski definition) is 5. The van der Waals surface area contributed by atoms with Crippen molar-refractivity contribution in [2.75, 3.05) is 11.9 Å². The first-order valence-electron chi connectivity index (χ1n) is 13.7. The zero-order valence-corrected chi connectivity index (χ0v) is 24.1. The van der Waals surface area contributed by atoms with Crippen molar-refractivity contribution in [3.8, 4) is 0 Å². The van der Waals surface area contributed by atoms with Crippen molar-refractivity contribution < 1.29 is 19.5 Å². The fraction of sp³-hybridized carbons (Fsp3) is 0.500. The number of amides is 3. The van der Waals surface area contributed by atoms with Gasteiger partial charge in [0.15, 0.2) is 0 Å². The minimum atomic E-state index is -0.816. The number of nitrogens with zero attached hydrogens (tertiary/aromatic N) is 1. The van der Waals surface area contributed by atoms with Gasteiger partial charge in [0.2, 0.25) is 17.7 Å². The topological polar surface area (TPSA) is 98.7 Å². The van der Waals surface area contributed by atoms with Gasteiger partial charge in [-0.05, 0) is 49.3 Å². The number of carbonyl (C=O) groups excluding carboxylic acids is 3. The molecule has 3 heterocycles. The molecule has 9 heteroatoms. The molecule has 1 spiro atoms. The third-order valence-corrected chi connectivity index (χ3v) is 10.7. The number of aryl methyl sites for hydroxylation is 1. The van der Waals surface area contributed by atoms with E-state index in [0.29, 0.717) is 30.1 Å². The number of likely N-dealkylation sites (tertiary alicyclic amines) is 1. The fourth-order valence-corrected chi connectivity index (χ4v) is 9.26. The molecule has 39 heavy (non-hydrogen) atoms. The Hall–Kier alpha value is -2.55. The molecule has 0 radical (unpaired) electrons. The van der Waals surface area contributed by atoms with Crippen molar-refractivity contribution in [2.45, 2.75) is 68.7 Å². The molecular weight excluding hydrogens is 534 g/mol. The summed E-state index contributed by atoms with van der Waals surface area (Å²) >= 11 is 8.07. The Kier molecular flexibility index (Phi) is 8.00. The summed E-state index contributed by atoms with van der Waals surface area (Å²) in [6.07, 6.45) is 1.98. The van der Waals surface area contributed by atoms with E-state index < -0.39 is 28.7 Å². The normalized spacial score (nSPS) is 28.1. The molecule has 3 amide bonds. The van der Waals surface area contributed by atoms with Gasteiger partial charge in [-0.25, -0.2) is 0 Å². The summed E-state index contributed by atoms with van der Waals surface area (Å²) in [5.41, 5.74) is 2.33. The summed E-state index contributed by atoms with van der Waals surface area (Å²) in [6.45, 7) is 6.07. The van der Waals surface area contributed by atoms with E-state index in [-0.39, 0.29) is 35.5 Å². The number of thioether (sulfide) groups is 1. The first-order valence-corrected chi connectivity index (χ1v) is 14.9. The van der Waals surface area contributed by atoms with Gasteiger partial charge in [0.25, 0.3) is 0 Å². The second kappa shape index (κ2) is 11.1.